The van der Waals surface area contributed by atoms with Crippen molar-refractivity contribution in [1.82, 2.24) is 9.97 Å². The molecule has 1 N–H and O–H groups in total. The average molecular weight is 260 g/mol. The summed E-state index contributed by atoms with van der Waals surface area (Å²) in [6.45, 7) is 7.62. The maximum Gasteiger partial charge on any atom is 0.251 e. The quantitative estimate of drug-likeness (QED) is 0.856. The predicted octanol–water partition coefficient (Wildman–Crippen LogP) is 3.18. The molecule has 2 rings (SSSR count). The zero-order chi connectivity index (χ0) is 14.2. The van der Waals surface area contributed by atoms with Gasteiger partial charge in [0.15, 0.2) is 0 Å². The van der Waals surface area contributed by atoms with Gasteiger partial charge in [-0.1, -0.05) is 20.8 Å². The van der Waals surface area contributed by atoms with Gasteiger partial charge in [-0.25, -0.2) is 9.37 Å². The van der Waals surface area contributed by atoms with E-state index in [0.29, 0.717) is 17.1 Å². The van der Waals surface area contributed by atoms with E-state index in [-0.39, 0.29) is 16.8 Å². The Morgan fingerprint density at radius 3 is 2.47 bits per heavy atom. The van der Waals surface area contributed by atoms with Crippen molar-refractivity contribution in [3.05, 3.63) is 51.8 Å². The molecule has 0 saturated carbocycles. The average Bonchev–Trinajstić information content (AvgIpc) is 2.31. The van der Waals surface area contributed by atoms with Gasteiger partial charge in [0.25, 0.3) is 5.56 Å². The predicted molar refractivity (Wildman–Crippen MR) is 73.7 cm³/mol. The first-order valence-electron chi connectivity index (χ1n) is 6.16. The highest BCUT2D eigenvalue weighted by atomic mass is 19.1. The molecule has 1 aromatic carbocycles. The monoisotopic (exact) mass is 260 g/mol. The first-order valence-corrected chi connectivity index (χ1v) is 6.16. The third-order valence-corrected chi connectivity index (χ3v) is 2.91. The lowest BCUT2D eigenvalue weighted by Gasteiger charge is -2.17. The highest BCUT2D eigenvalue weighted by Crippen LogP contribution is 2.22. The molecule has 19 heavy (non-hydrogen) atoms. The van der Waals surface area contributed by atoms with Crippen LogP contribution in [0.2, 0.25) is 0 Å². The van der Waals surface area contributed by atoms with E-state index in [1.807, 2.05) is 20.8 Å². The van der Waals surface area contributed by atoms with Crippen LogP contribution in [0.4, 0.5) is 4.39 Å². The molecule has 0 bridgehead atoms. The van der Waals surface area contributed by atoms with Crippen LogP contribution in [-0.2, 0) is 5.41 Å². The number of H-pyrrole nitrogens is 1. The highest BCUT2D eigenvalue weighted by molar-refractivity contribution is 5.59. The summed E-state index contributed by atoms with van der Waals surface area (Å²) < 4.78 is 13.3. The minimum Gasteiger partial charge on any atom is -0.310 e. The minimum absolute atomic E-state index is 0.197. The molecule has 0 radical (unpaired) electrons. The Hall–Kier alpha value is -1.97. The maximum absolute atomic E-state index is 13.3. The number of halogens is 1. The lowest BCUT2D eigenvalue weighted by atomic mass is 9.95. The number of benzene rings is 1. The number of rotatable bonds is 1. The zero-order valence-electron chi connectivity index (χ0n) is 11.5. The number of hydrogen-bond donors (Lipinski definition) is 1. The molecular formula is C15H17FN2O. The fourth-order valence-corrected chi connectivity index (χ4v) is 1.76. The van der Waals surface area contributed by atoms with Gasteiger partial charge in [-0.15, -0.1) is 0 Å². The molecule has 100 valence electrons. The first kappa shape index (κ1) is 13.5. The van der Waals surface area contributed by atoms with Crippen molar-refractivity contribution >= 4 is 0 Å². The molecule has 1 heterocycles. The Balaban J connectivity index is 2.59. The van der Waals surface area contributed by atoms with Crippen molar-refractivity contribution in [2.45, 2.75) is 33.1 Å². The van der Waals surface area contributed by atoms with E-state index in [4.69, 9.17) is 0 Å². The SMILES string of the molecule is Cc1cc(-c2cc(=O)[nH]c(C(C)(C)C)n2)ccc1F. The summed E-state index contributed by atoms with van der Waals surface area (Å²) in [6, 6.07) is 6.16. The normalized spacial score (nSPS) is 11.6. The summed E-state index contributed by atoms with van der Waals surface area (Å²) >= 11 is 0. The summed E-state index contributed by atoms with van der Waals surface area (Å²) in [6.07, 6.45) is 0. The maximum atomic E-state index is 13.3. The molecule has 0 aliphatic carbocycles. The molecule has 2 aromatic rings. The number of hydrogen-bond acceptors (Lipinski definition) is 2. The number of aryl methyl sites for hydroxylation is 1. The van der Waals surface area contributed by atoms with E-state index in [9.17, 15) is 9.18 Å². The van der Waals surface area contributed by atoms with E-state index < -0.39 is 0 Å². The Morgan fingerprint density at radius 1 is 1.21 bits per heavy atom. The minimum atomic E-state index is -0.260. The summed E-state index contributed by atoms with van der Waals surface area (Å²) in [4.78, 5) is 18.9. The van der Waals surface area contributed by atoms with Crippen LogP contribution in [0.5, 0.6) is 0 Å². The topological polar surface area (TPSA) is 45.8 Å². The van der Waals surface area contributed by atoms with Crippen LogP contribution < -0.4 is 5.56 Å². The lowest BCUT2D eigenvalue weighted by molar-refractivity contribution is 0.543. The van der Waals surface area contributed by atoms with Crippen LogP contribution in [0.3, 0.4) is 0 Å². The van der Waals surface area contributed by atoms with Crippen LogP contribution >= 0.6 is 0 Å². The third-order valence-electron chi connectivity index (χ3n) is 2.91. The molecule has 3 nitrogen and oxygen atoms in total. The molecule has 0 atom stereocenters. The zero-order valence-corrected chi connectivity index (χ0v) is 11.5. The first-order chi connectivity index (χ1) is 8.77. The summed E-state index contributed by atoms with van der Waals surface area (Å²) in [7, 11) is 0. The number of nitrogens with one attached hydrogen (secondary N) is 1. The van der Waals surface area contributed by atoms with Gasteiger partial charge in [0.05, 0.1) is 5.69 Å². The number of aromatic nitrogens is 2. The molecule has 0 aliphatic rings. The van der Waals surface area contributed by atoms with Crippen LogP contribution in [-0.4, -0.2) is 9.97 Å². The standard InChI is InChI=1S/C15H17FN2O/c1-9-7-10(5-6-11(9)16)12-8-13(19)18-14(17-12)15(2,3)4/h5-8H,1-4H3,(H,17,18,19). The Bertz CT molecular complexity index is 669. The van der Waals surface area contributed by atoms with Gasteiger partial charge >= 0.3 is 0 Å². The molecule has 0 spiro atoms. The van der Waals surface area contributed by atoms with Gasteiger partial charge in [0.2, 0.25) is 0 Å². The molecule has 4 heteroatoms. The lowest BCUT2D eigenvalue weighted by Crippen LogP contribution is -2.21. The molecule has 0 unspecified atom stereocenters. The molecular weight excluding hydrogens is 243 g/mol. The van der Waals surface area contributed by atoms with Gasteiger partial charge in [-0.2, -0.15) is 0 Å². The van der Waals surface area contributed by atoms with E-state index in [1.54, 1.807) is 19.1 Å². The van der Waals surface area contributed by atoms with Gasteiger partial charge < -0.3 is 4.98 Å². The van der Waals surface area contributed by atoms with E-state index in [0.717, 1.165) is 5.56 Å². The number of nitrogens with zero attached hydrogens (tertiary/aromatic N) is 1. The van der Waals surface area contributed by atoms with Crippen molar-refractivity contribution in [2.24, 2.45) is 0 Å². The second-order valence-electron chi connectivity index (χ2n) is 5.69. The van der Waals surface area contributed by atoms with Gasteiger partial charge in [0, 0.05) is 17.0 Å². The molecule has 1 aromatic heterocycles. The smallest absolute Gasteiger partial charge is 0.251 e. The summed E-state index contributed by atoms with van der Waals surface area (Å²) in [5, 5.41) is 0. The summed E-state index contributed by atoms with van der Waals surface area (Å²) in [5.74, 6) is 0.363. The third kappa shape index (κ3) is 2.89. The second-order valence-corrected chi connectivity index (χ2v) is 5.69. The van der Waals surface area contributed by atoms with Gasteiger partial charge in [-0.05, 0) is 30.7 Å². The van der Waals surface area contributed by atoms with Crippen LogP contribution in [0, 0.1) is 12.7 Å². The molecule has 0 aliphatic heterocycles. The largest absolute Gasteiger partial charge is 0.310 e. The van der Waals surface area contributed by atoms with Crippen molar-refractivity contribution in [3.63, 3.8) is 0 Å². The van der Waals surface area contributed by atoms with E-state index in [1.165, 1.54) is 12.1 Å². The van der Waals surface area contributed by atoms with Crippen LogP contribution in [0.1, 0.15) is 32.2 Å². The molecule has 0 fully saturated rings. The van der Waals surface area contributed by atoms with Crippen LogP contribution in [0.25, 0.3) is 11.3 Å². The van der Waals surface area contributed by atoms with Gasteiger partial charge in [0.1, 0.15) is 11.6 Å². The van der Waals surface area contributed by atoms with Gasteiger partial charge in [-0.3, -0.25) is 4.79 Å². The molecule has 0 amide bonds. The van der Waals surface area contributed by atoms with Crippen LogP contribution in [0.15, 0.2) is 29.1 Å². The van der Waals surface area contributed by atoms with Crippen molar-refractivity contribution in [2.75, 3.05) is 0 Å². The van der Waals surface area contributed by atoms with E-state index >= 15 is 0 Å². The summed E-state index contributed by atoms with van der Waals surface area (Å²) in [5.41, 5.74) is 1.41. The number of aromatic amines is 1. The van der Waals surface area contributed by atoms with Crippen molar-refractivity contribution in [1.29, 1.82) is 0 Å². The fraction of sp³-hybridized carbons (Fsp3) is 0.333. The van der Waals surface area contributed by atoms with E-state index in [2.05, 4.69) is 9.97 Å². The van der Waals surface area contributed by atoms with Crippen molar-refractivity contribution < 1.29 is 4.39 Å². The Labute approximate surface area is 111 Å². The highest BCUT2D eigenvalue weighted by Gasteiger charge is 2.18. The van der Waals surface area contributed by atoms with Crippen molar-refractivity contribution in [3.8, 4) is 11.3 Å². The Kier molecular flexibility index (Phi) is 3.27. The second kappa shape index (κ2) is 4.61. The molecule has 0 saturated heterocycles. The Morgan fingerprint density at radius 2 is 1.89 bits per heavy atom. The fourth-order valence-electron chi connectivity index (χ4n) is 1.76.